The van der Waals surface area contributed by atoms with E-state index in [2.05, 4.69) is 117 Å². The van der Waals surface area contributed by atoms with Gasteiger partial charge in [-0.3, -0.25) is 4.79 Å². The van der Waals surface area contributed by atoms with Gasteiger partial charge in [-0.1, -0.05) is 60.7 Å². The molecule has 2 atom stereocenters. The molecule has 7 nitrogen and oxygen atoms in total. The molecule has 2 aliphatic rings. The number of ketones is 1. The SMILES string of the molecule is C#CC#CC#C[PH+](C#CC#CC#C)c1ccc2c(c1C(=O)c1c([PH+](C#CC#CC#C)C#CC#CC#C)ccc3c1OCO3)OCO2.NC(c1ccccc1)C(N)c1ccccc1.[Cl][Ru+2][Cl]. The van der Waals surface area contributed by atoms with Gasteiger partial charge in [-0.05, 0) is 82.8 Å². The van der Waals surface area contributed by atoms with Crippen LogP contribution in [0.25, 0.3) is 0 Å². The van der Waals surface area contributed by atoms with Crippen molar-refractivity contribution >= 4 is 51.6 Å². The third kappa shape index (κ3) is 14.8. The number of hydrogen-bond acceptors (Lipinski definition) is 7. The molecule has 2 heterocycles. The van der Waals surface area contributed by atoms with Gasteiger partial charge in [0.05, 0.1) is 0 Å². The van der Waals surface area contributed by atoms with E-state index in [9.17, 15) is 4.79 Å². The zero-order valence-corrected chi connectivity index (χ0v) is 39.0. The van der Waals surface area contributed by atoms with E-state index in [1.165, 1.54) is 0 Å². The van der Waals surface area contributed by atoms with Crippen molar-refractivity contribution in [2.45, 2.75) is 12.1 Å². The van der Waals surface area contributed by atoms with Crippen LogP contribution in [-0.2, 0) is 15.1 Å². The van der Waals surface area contributed by atoms with E-state index >= 15 is 0 Å². The van der Waals surface area contributed by atoms with Crippen LogP contribution in [0.2, 0.25) is 0 Å². The van der Waals surface area contributed by atoms with Crippen LogP contribution in [0.4, 0.5) is 0 Å². The second-order valence-electron chi connectivity index (χ2n) is 12.0. The van der Waals surface area contributed by atoms with Crippen molar-refractivity contribution in [3.63, 3.8) is 0 Å². The summed E-state index contributed by atoms with van der Waals surface area (Å²) in [5.41, 5.74) is 26.9. The Morgan fingerprint density at radius 3 is 1.14 bits per heavy atom. The Morgan fingerprint density at radius 1 is 0.508 bits per heavy atom. The molecule has 0 saturated carbocycles. The molecule has 0 radical (unpaired) electrons. The Hall–Kier alpha value is -7.55. The molecule has 12 heteroatoms. The van der Waals surface area contributed by atoms with Crippen molar-refractivity contribution in [3.05, 3.63) is 107 Å². The number of carbonyl (C=O) groups is 1. The minimum atomic E-state index is -2.19. The molecule has 0 fully saturated rings. The maximum atomic E-state index is 14.9. The Kier molecular flexibility index (Phi) is 21.7. The molecule has 310 valence electrons. The maximum absolute atomic E-state index is 14.9. The fourth-order valence-corrected chi connectivity index (χ4v) is 8.55. The number of terminal acetylenes is 4. The summed E-state index contributed by atoms with van der Waals surface area (Å²) in [4.78, 5) is 14.9. The predicted molar refractivity (Wildman–Crippen MR) is 260 cm³/mol. The van der Waals surface area contributed by atoms with Crippen LogP contribution in [0.5, 0.6) is 23.0 Å². The number of fused-ring (bicyclic) bond motifs is 2. The predicted octanol–water partition coefficient (Wildman–Crippen LogP) is 6.21. The molecule has 0 spiro atoms. The first-order chi connectivity index (χ1) is 31.8. The van der Waals surface area contributed by atoms with Crippen LogP contribution in [0, 0.1) is 143 Å². The van der Waals surface area contributed by atoms with Gasteiger partial charge in [0, 0.05) is 59.4 Å². The molecular formula is C53H30Cl2N2O5P2Ru+4. The van der Waals surface area contributed by atoms with Gasteiger partial charge in [0.1, 0.15) is 44.4 Å². The van der Waals surface area contributed by atoms with Gasteiger partial charge in [-0.15, -0.1) is 25.7 Å². The average Bonchev–Trinajstić information content (AvgIpc) is 4.03. The van der Waals surface area contributed by atoms with E-state index in [1.807, 2.05) is 60.7 Å². The summed E-state index contributed by atoms with van der Waals surface area (Å²) >= 11 is -0.346. The second kappa shape index (κ2) is 28.2. The van der Waals surface area contributed by atoms with Gasteiger partial charge < -0.3 is 30.4 Å². The van der Waals surface area contributed by atoms with Crippen molar-refractivity contribution in [3.8, 4) is 166 Å². The van der Waals surface area contributed by atoms with Gasteiger partial charge in [0.25, 0.3) is 0 Å². The summed E-state index contributed by atoms with van der Waals surface area (Å²) in [6, 6.07) is 26.3. The normalized spacial score (nSPS) is 10.7. The van der Waals surface area contributed by atoms with Crippen LogP contribution in [0.3, 0.4) is 0 Å². The molecule has 0 saturated heterocycles. The summed E-state index contributed by atoms with van der Waals surface area (Å²) < 4.78 is 22.9. The number of hydrogen-bond donors (Lipinski definition) is 2. The van der Waals surface area contributed by atoms with E-state index in [4.69, 9.17) is 75.5 Å². The van der Waals surface area contributed by atoms with Gasteiger partial charge in [-0.2, -0.15) is 0 Å². The number of benzene rings is 4. The standard InChI is InChI=1S/C39H12O5P2.C14H16N2.2ClH.Ru/c1-5-9-13-17-25-45(26-18-14-10-6-2)33-23-21-31-38(43-29-41-31)35(33)37(40)36-34(24-22-32-39(36)44-30-42-32)46(27-19-15-11-7-3)28-20-16-12-8-4;15-13(11-7-3-1-4-8-11)14(16)12-9-5-2-6-10-12;;;/h1-4,21-24H,29-30H2;1-10,13-14H,15-16H2;2*1H;/q;;;;+4. The van der Waals surface area contributed by atoms with E-state index in [1.54, 1.807) is 24.3 Å². The van der Waals surface area contributed by atoms with Crippen molar-refractivity contribution in [2.75, 3.05) is 13.6 Å². The molecule has 4 N–H and O–H groups in total. The van der Waals surface area contributed by atoms with Crippen molar-refractivity contribution < 1.29 is 38.9 Å². The van der Waals surface area contributed by atoms with E-state index < -0.39 is 21.6 Å². The van der Waals surface area contributed by atoms with Crippen molar-refractivity contribution in [2.24, 2.45) is 11.5 Å². The topological polar surface area (TPSA) is 106 Å². The van der Waals surface area contributed by atoms with Gasteiger partial charge in [0.2, 0.25) is 19.4 Å². The van der Waals surface area contributed by atoms with Gasteiger partial charge in [0.15, 0.2) is 38.8 Å². The van der Waals surface area contributed by atoms with Crippen LogP contribution >= 0.6 is 35.2 Å². The van der Waals surface area contributed by atoms with Crippen LogP contribution in [0.15, 0.2) is 84.9 Å². The van der Waals surface area contributed by atoms with E-state index in [0.29, 0.717) is 22.1 Å². The first-order valence-corrected chi connectivity index (χ1v) is 25.8. The summed E-state index contributed by atoms with van der Waals surface area (Å²) in [5.74, 6) is 40.5. The molecule has 4 aromatic rings. The third-order valence-corrected chi connectivity index (χ3v) is 11.8. The zero-order chi connectivity index (χ0) is 46.7. The number of halogens is 2. The molecule has 2 aliphatic heterocycles. The first-order valence-electron chi connectivity index (χ1n) is 18.3. The molecule has 0 amide bonds. The Bertz CT molecular complexity index is 2820. The quantitative estimate of drug-likeness (QED) is 0.0984. The number of ether oxygens (including phenoxy) is 4. The number of carbonyl (C=O) groups excluding carboxylic acids is 1. The summed E-state index contributed by atoms with van der Waals surface area (Å²) in [7, 11) is 5.34. The number of nitrogens with two attached hydrogens (primary N) is 2. The van der Waals surface area contributed by atoms with Crippen molar-refractivity contribution in [1.82, 2.24) is 0 Å². The summed E-state index contributed by atoms with van der Waals surface area (Å²) in [6.07, 6.45) is 21.0. The Balaban J connectivity index is 0.000000402. The van der Waals surface area contributed by atoms with E-state index in [0.717, 1.165) is 11.1 Å². The second-order valence-corrected chi connectivity index (χ2v) is 18.2. The third-order valence-electron chi connectivity index (χ3n) is 8.37. The van der Waals surface area contributed by atoms with Crippen LogP contribution in [-0.4, -0.2) is 19.4 Å². The van der Waals surface area contributed by atoms with Gasteiger partial charge in [-0.25, -0.2) is 0 Å². The fourth-order valence-electron chi connectivity index (χ4n) is 5.68. The fraction of sp³-hybridized carbons (Fsp3) is 0.0755. The van der Waals surface area contributed by atoms with E-state index in [-0.39, 0.29) is 63.4 Å². The number of rotatable bonds is 7. The Labute approximate surface area is 398 Å². The van der Waals surface area contributed by atoms with Crippen molar-refractivity contribution in [1.29, 1.82) is 0 Å². The molecule has 0 aliphatic carbocycles. The molecule has 0 bridgehead atoms. The van der Waals surface area contributed by atoms with Gasteiger partial charge >= 0.3 is 34.5 Å². The minimum absolute atomic E-state index is 0.104. The summed E-state index contributed by atoms with van der Waals surface area (Å²) in [5, 5.41) is 0.967. The van der Waals surface area contributed by atoms with Crippen LogP contribution < -0.4 is 41.0 Å². The molecule has 2 unspecified atom stereocenters. The molecule has 6 rings (SSSR count). The molecule has 65 heavy (non-hydrogen) atoms. The first kappa shape index (κ1) is 50.1. The zero-order valence-electron chi connectivity index (χ0n) is 33.8. The monoisotopic (exact) mass is 1010 g/mol. The van der Waals surface area contributed by atoms with Crippen LogP contribution in [0.1, 0.15) is 39.1 Å². The average molecular weight is 1010 g/mol. The Morgan fingerprint density at radius 2 is 0.831 bits per heavy atom. The molecular weight excluding hydrogens is 979 g/mol. The molecule has 4 aromatic carbocycles. The molecule has 0 aromatic heterocycles. The summed E-state index contributed by atoms with van der Waals surface area (Å²) in [6.45, 7) is -0.209.